The van der Waals surface area contributed by atoms with Gasteiger partial charge in [0.25, 0.3) is 5.56 Å². The molecule has 104 valence electrons. The number of azo groups is 1. The third kappa shape index (κ3) is 2.74. The first-order chi connectivity index (χ1) is 9.84. The van der Waals surface area contributed by atoms with Crippen molar-refractivity contribution in [3.63, 3.8) is 0 Å². The predicted molar refractivity (Wildman–Crippen MR) is 77.2 cm³/mol. The second-order valence-electron chi connectivity index (χ2n) is 4.47. The molecule has 0 aromatic carbocycles. The van der Waals surface area contributed by atoms with E-state index in [0.29, 0.717) is 10.9 Å². The summed E-state index contributed by atoms with van der Waals surface area (Å²) < 4.78 is 0. The maximum absolute atomic E-state index is 11.9. The quantitative estimate of drug-likeness (QED) is 0.880. The summed E-state index contributed by atoms with van der Waals surface area (Å²) in [5.41, 5.74) is -0.0227. The molecule has 0 aliphatic carbocycles. The van der Waals surface area contributed by atoms with Crippen LogP contribution < -0.4 is 10.5 Å². The van der Waals surface area contributed by atoms with E-state index in [0.717, 1.165) is 25.9 Å². The number of nitrogens with one attached hydrogen (secondary N) is 1. The summed E-state index contributed by atoms with van der Waals surface area (Å²) in [6, 6.07) is 0. The van der Waals surface area contributed by atoms with Crippen molar-refractivity contribution in [2.45, 2.75) is 19.3 Å². The highest BCUT2D eigenvalue weighted by Crippen LogP contribution is 2.26. The van der Waals surface area contributed by atoms with Gasteiger partial charge in [0.2, 0.25) is 5.13 Å². The number of hydrogen-bond acceptors (Lipinski definition) is 7. The van der Waals surface area contributed by atoms with Gasteiger partial charge < -0.3 is 9.88 Å². The van der Waals surface area contributed by atoms with Crippen LogP contribution in [0.2, 0.25) is 0 Å². The van der Waals surface area contributed by atoms with Crippen LogP contribution in [0, 0.1) is 0 Å². The van der Waals surface area contributed by atoms with Crippen LogP contribution in [-0.2, 0) is 0 Å². The Morgan fingerprint density at radius 2 is 2.05 bits per heavy atom. The molecule has 1 fully saturated rings. The number of hydrogen-bond donors (Lipinski definition) is 1. The fourth-order valence-electron chi connectivity index (χ4n) is 2.17. The Labute approximate surface area is 119 Å². The highest BCUT2D eigenvalue weighted by molar-refractivity contribution is 7.13. The molecule has 3 heterocycles. The van der Waals surface area contributed by atoms with Gasteiger partial charge in [0, 0.05) is 24.7 Å². The van der Waals surface area contributed by atoms with Gasteiger partial charge in [-0.05, 0) is 19.3 Å². The third-order valence-corrected chi connectivity index (χ3v) is 3.78. The smallest absolute Gasteiger partial charge is 0.280 e. The lowest BCUT2D eigenvalue weighted by atomic mass is 10.1. The highest BCUT2D eigenvalue weighted by Gasteiger charge is 2.18. The molecule has 0 radical (unpaired) electrons. The molecule has 1 N–H and O–H groups in total. The molecule has 0 atom stereocenters. The second-order valence-corrected chi connectivity index (χ2v) is 5.34. The van der Waals surface area contributed by atoms with Crippen molar-refractivity contribution in [2.75, 3.05) is 18.0 Å². The normalized spacial score (nSPS) is 15.9. The molecule has 0 spiro atoms. The summed E-state index contributed by atoms with van der Waals surface area (Å²) in [6.45, 7) is 1.80. The van der Waals surface area contributed by atoms with E-state index < -0.39 is 0 Å². The zero-order valence-corrected chi connectivity index (χ0v) is 11.6. The third-order valence-electron chi connectivity index (χ3n) is 3.12. The van der Waals surface area contributed by atoms with Crippen LogP contribution in [0.25, 0.3) is 0 Å². The fraction of sp³-hybridized carbons (Fsp3) is 0.417. The Balaban J connectivity index is 1.94. The topological polar surface area (TPSA) is 86.6 Å². The molecule has 20 heavy (non-hydrogen) atoms. The van der Waals surface area contributed by atoms with Crippen LogP contribution in [0.1, 0.15) is 19.3 Å². The number of aromatic nitrogens is 3. The Bertz CT molecular complexity index is 644. The van der Waals surface area contributed by atoms with E-state index in [1.54, 1.807) is 6.20 Å². The van der Waals surface area contributed by atoms with Gasteiger partial charge in [-0.2, -0.15) is 0 Å². The van der Waals surface area contributed by atoms with E-state index in [9.17, 15) is 4.79 Å². The van der Waals surface area contributed by atoms with Crippen molar-refractivity contribution in [3.05, 3.63) is 28.3 Å². The van der Waals surface area contributed by atoms with Gasteiger partial charge in [0.1, 0.15) is 0 Å². The molecule has 0 bridgehead atoms. The van der Waals surface area contributed by atoms with E-state index in [-0.39, 0.29) is 11.2 Å². The summed E-state index contributed by atoms with van der Waals surface area (Å²) in [7, 11) is 0. The molecule has 0 unspecified atom stereocenters. The van der Waals surface area contributed by atoms with Gasteiger partial charge in [-0.15, -0.1) is 21.6 Å². The predicted octanol–water partition coefficient (Wildman–Crippen LogP) is 2.63. The first kappa shape index (κ1) is 12.9. The summed E-state index contributed by atoms with van der Waals surface area (Å²) >= 11 is 1.37. The van der Waals surface area contributed by atoms with Crippen LogP contribution in [0.5, 0.6) is 0 Å². The monoisotopic (exact) mass is 290 g/mol. The Hall–Kier alpha value is -2.09. The van der Waals surface area contributed by atoms with Crippen LogP contribution >= 0.6 is 11.3 Å². The molecule has 1 saturated heterocycles. The Morgan fingerprint density at radius 1 is 1.20 bits per heavy atom. The molecule has 7 nitrogen and oxygen atoms in total. The Morgan fingerprint density at radius 3 is 2.80 bits per heavy atom. The number of H-pyrrole nitrogens is 1. The average Bonchev–Trinajstić information content (AvgIpc) is 3.00. The summed E-state index contributed by atoms with van der Waals surface area (Å²) in [5.74, 6) is 0.605. The summed E-state index contributed by atoms with van der Waals surface area (Å²) in [4.78, 5) is 24.9. The summed E-state index contributed by atoms with van der Waals surface area (Å²) in [6.07, 6.45) is 6.50. The first-order valence-corrected chi connectivity index (χ1v) is 7.36. The van der Waals surface area contributed by atoms with Gasteiger partial charge in [0.15, 0.2) is 11.5 Å². The standard InChI is InChI=1S/C12H14N6OS/c19-11-9(16-17-12-13-4-7-20-12)10(14-8-15-11)18-5-2-1-3-6-18/h4,7-8H,1-3,5-6H2,(H,14,15,19). The minimum atomic E-state index is -0.277. The summed E-state index contributed by atoms with van der Waals surface area (Å²) in [5, 5.41) is 10.4. The van der Waals surface area contributed by atoms with Crippen LogP contribution in [0.15, 0.2) is 32.9 Å². The second kappa shape index (κ2) is 5.91. The van der Waals surface area contributed by atoms with Crippen molar-refractivity contribution in [2.24, 2.45) is 10.2 Å². The van der Waals surface area contributed by atoms with E-state index >= 15 is 0 Å². The van der Waals surface area contributed by atoms with Gasteiger partial charge in [0.05, 0.1) is 6.33 Å². The fourth-order valence-corrected chi connectivity index (χ4v) is 2.62. The van der Waals surface area contributed by atoms with Crippen molar-refractivity contribution in [1.82, 2.24) is 15.0 Å². The first-order valence-electron chi connectivity index (χ1n) is 6.48. The van der Waals surface area contributed by atoms with Crippen LogP contribution in [-0.4, -0.2) is 28.0 Å². The van der Waals surface area contributed by atoms with Crippen molar-refractivity contribution in [1.29, 1.82) is 0 Å². The minimum absolute atomic E-state index is 0.254. The van der Waals surface area contributed by atoms with Crippen LogP contribution in [0.3, 0.4) is 0 Å². The SMILES string of the molecule is O=c1[nH]cnc(N2CCCCC2)c1N=Nc1nccs1. The van der Waals surface area contributed by atoms with E-state index in [1.165, 1.54) is 24.1 Å². The van der Waals surface area contributed by atoms with Gasteiger partial charge in [-0.25, -0.2) is 9.97 Å². The Kier molecular flexibility index (Phi) is 3.82. The number of nitrogens with zero attached hydrogens (tertiary/aromatic N) is 5. The zero-order chi connectivity index (χ0) is 13.8. The maximum Gasteiger partial charge on any atom is 0.280 e. The average molecular weight is 290 g/mol. The number of thiazole rings is 1. The van der Waals surface area contributed by atoms with Crippen molar-refractivity contribution in [3.8, 4) is 0 Å². The lowest BCUT2D eigenvalue weighted by molar-refractivity contribution is 0.573. The zero-order valence-electron chi connectivity index (χ0n) is 10.8. The number of aromatic amines is 1. The van der Waals surface area contributed by atoms with Gasteiger partial charge in [-0.1, -0.05) is 0 Å². The molecule has 2 aromatic heterocycles. The lowest BCUT2D eigenvalue weighted by Gasteiger charge is -2.27. The van der Waals surface area contributed by atoms with E-state index in [4.69, 9.17) is 0 Å². The molecule has 1 aliphatic rings. The molecule has 0 saturated carbocycles. The van der Waals surface area contributed by atoms with Crippen molar-refractivity contribution < 1.29 is 0 Å². The van der Waals surface area contributed by atoms with E-state index in [1.807, 2.05) is 5.38 Å². The molecular formula is C12H14N6OS. The molecule has 0 amide bonds. The molecule has 1 aliphatic heterocycles. The van der Waals surface area contributed by atoms with Gasteiger partial charge in [-0.3, -0.25) is 4.79 Å². The van der Waals surface area contributed by atoms with Crippen LogP contribution in [0.4, 0.5) is 16.6 Å². The molecule has 3 rings (SSSR count). The molecular weight excluding hydrogens is 276 g/mol. The van der Waals surface area contributed by atoms with Gasteiger partial charge >= 0.3 is 0 Å². The largest absolute Gasteiger partial charge is 0.355 e. The minimum Gasteiger partial charge on any atom is -0.355 e. The maximum atomic E-state index is 11.9. The number of piperidine rings is 1. The highest BCUT2D eigenvalue weighted by atomic mass is 32.1. The number of rotatable bonds is 3. The molecule has 8 heteroatoms. The number of anilines is 1. The van der Waals surface area contributed by atoms with Crippen molar-refractivity contribution >= 4 is 28.0 Å². The van der Waals surface area contributed by atoms with E-state index in [2.05, 4.69) is 30.1 Å². The molecule has 2 aromatic rings. The lowest BCUT2D eigenvalue weighted by Crippen LogP contribution is -2.31.